The van der Waals surface area contributed by atoms with Crippen molar-refractivity contribution in [2.45, 2.75) is 36.2 Å². The zero-order valence-corrected chi connectivity index (χ0v) is 20.7. The highest BCUT2D eigenvalue weighted by Gasteiger charge is 2.47. The first-order valence-electron chi connectivity index (χ1n) is 11.5. The standard InChI is InChI=1S/C27H26O9S/c1-18-12-14-21(15-13-18)37(31,32)34-17-22-24(28)25(36-27(30)20-10-6-3-7-11-20)23(35-22)16-33-26(29)19-8-4-2-5-9-19/h2-15,22-25,28H,16-17H2,1H3/t22-,23+,24+,25+/m0/s1. The Kier molecular flexibility index (Phi) is 8.34. The molecular weight excluding hydrogens is 500 g/mol. The molecule has 194 valence electrons. The Bertz CT molecular complexity index is 1310. The van der Waals surface area contributed by atoms with Gasteiger partial charge in [-0.3, -0.25) is 4.18 Å². The van der Waals surface area contributed by atoms with E-state index in [9.17, 15) is 23.1 Å². The summed E-state index contributed by atoms with van der Waals surface area (Å²) >= 11 is 0. The lowest BCUT2D eigenvalue weighted by Gasteiger charge is -2.21. The molecule has 4 atom stereocenters. The number of esters is 2. The highest BCUT2D eigenvalue weighted by Crippen LogP contribution is 2.27. The van der Waals surface area contributed by atoms with Crippen LogP contribution < -0.4 is 0 Å². The number of aliphatic hydroxyl groups excluding tert-OH is 1. The monoisotopic (exact) mass is 526 g/mol. The second-order valence-electron chi connectivity index (χ2n) is 8.46. The minimum atomic E-state index is -4.13. The Morgan fingerprint density at radius 2 is 1.38 bits per heavy atom. The molecule has 0 spiro atoms. The summed E-state index contributed by atoms with van der Waals surface area (Å²) in [7, 11) is -4.13. The zero-order chi connectivity index (χ0) is 26.4. The lowest BCUT2D eigenvalue weighted by atomic mass is 10.1. The van der Waals surface area contributed by atoms with E-state index in [-0.39, 0.29) is 17.1 Å². The fourth-order valence-electron chi connectivity index (χ4n) is 3.74. The minimum absolute atomic E-state index is 0.0500. The van der Waals surface area contributed by atoms with E-state index in [1.165, 1.54) is 12.1 Å². The SMILES string of the molecule is Cc1ccc(S(=O)(=O)OC[C@@H]2O[C@H](COC(=O)c3ccccc3)[C@@H](OC(=O)c3ccccc3)[C@@H]2O)cc1. The third kappa shape index (κ3) is 6.60. The molecule has 1 heterocycles. The van der Waals surface area contributed by atoms with Gasteiger partial charge < -0.3 is 19.3 Å². The van der Waals surface area contributed by atoms with Crippen molar-refractivity contribution in [1.29, 1.82) is 0 Å². The number of hydrogen-bond acceptors (Lipinski definition) is 9. The highest BCUT2D eigenvalue weighted by molar-refractivity contribution is 7.86. The Morgan fingerprint density at radius 3 is 1.97 bits per heavy atom. The fraction of sp³-hybridized carbons (Fsp3) is 0.259. The van der Waals surface area contributed by atoms with E-state index in [4.69, 9.17) is 18.4 Å². The van der Waals surface area contributed by atoms with Crippen LogP contribution >= 0.6 is 0 Å². The second kappa shape index (κ2) is 11.7. The number of carbonyl (C=O) groups excluding carboxylic acids is 2. The van der Waals surface area contributed by atoms with Crippen LogP contribution in [-0.4, -0.2) is 63.1 Å². The molecule has 0 radical (unpaired) electrons. The summed E-state index contributed by atoms with van der Waals surface area (Å²) in [4.78, 5) is 25.0. The molecular formula is C27H26O9S. The molecule has 4 rings (SSSR count). The fourth-order valence-corrected chi connectivity index (χ4v) is 4.66. The van der Waals surface area contributed by atoms with Crippen LogP contribution in [0.2, 0.25) is 0 Å². The Balaban J connectivity index is 1.46. The summed E-state index contributed by atoms with van der Waals surface area (Å²) < 4.78 is 46.9. The van der Waals surface area contributed by atoms with Crippen molar-refractivity contribution in [3.8, 4) is 0 Å². The molecule has 1 N–H and O–H groups in total. The molecule has 37 heavy (non-hydrogen) atoms. The minimum Gasteiger partial charge on any atom is -0.459 e. The largest absolute Gasteiger partial charge is 0.459 e. The molecule has 0 aliphatic carbocycles. The van der Waals surface area contributed by atoms with Gasteiger partial charge in [0, 0.05) is 0 Å². The maximum absolute atomic E-state index is 12.7. The molecule has 0 unspecified atom stereocenters. The molecule has 1 fully saturated rings. The van der Waals surface area contributed by atoms with Crippen molar-refractivity contribution in [2.75, 3.05) is 13.2 Å². The van der Waals surface area contributed by atoms with Crippen LogP contribution in [0.25, 0.3) is 0 Å². The maximum atomic E-state index is 12.7. The zero-order valence-electron chi connectivity index (χ0n) is 19.9. The van der Waals surface area contributed by atoms with E-state index >= 15 is 0 Å². The lowest BCUT2D eigenvalue weighted by molar-refractivity contribution is -0.0481. The highest BCUT2D eigenvalue weighted by atomic mass is 32.2. The topological polar surface area (TPSA) is 125 Å². The average Bonchev–Trinajstić information content (AvgIpc) is 3.21. The molecule has 10 heteroatoms. The van der Waals surface area contributed by atoms with E-state index in [1.54, 1.807) is 72.8 Å². The maximum Gasteiger partial charge on any atom is 0.338 e. The first kappa shape index (κ1) is 26.5. The summed E-state index contributed by atoms with van der Waals surface area (Å²) in [5, 5.41) is 10.9. The van der Waals surface area contributed by atoms with Crippen LogP contribution in [0, 0.1) is 6.92 Å². The van der Waals surface area contributed by atoms with Crippen molar-refractivity contribution in [2.24, 2.45) is 0 Å². The Hall–Kier alpha value is -3.57. The van der Waals surface area contributed by atoms with Gasteiger partial charge in [-0.05, 0) is 43.3 Å². The molecule has 0 saturated carbocycles. The summed E-state index contributed by atoms with van der Waals surface area (Å²) in [6.07, 6.45) is -4.92. The van der Waals surface area contributed by atoms with Gasteiger partial charge in [0.05, 0.1) is 22.6 Å². The van der Waals surface area contributed by atoms with E-state index in [0.29, 0.717) is 5.56 Å². The third-order valence-electron chi connectivity index (χ3n) is 5.77. The molecule has 0 aromatic heterocycles. The van der Waals surface area contributed by atoms with Gasteiger partial charge in [0.1, 0.15) is 24.9 Å². The van der Waals surface area contributed by atoms with Crippen LogP contribution in [0.5, 0.6) is 0 Å². The summed E-state index contributed by atoms with van der Waals surface area (Å²) in [5.74, 6) is -1.35. The van der Waals surface area contributed by atoms with E-state index in [0.717, 1.165) is 5.56 Å². The van der Waals surface area contributed by atoms with Crippen LogP contribution in [0.1, 0.15) is 26.3 Å². The summed E-state index contributed by atoms with van der Waals surface area (Å²) in [6.45, 7) is 0.931. The van der Waals surface area contributed by atoms with Crippen molar-refractivity contribution in [3.05, 3.63) is 102 Å². The number of rotatable bonds is 9. The van der Waals surface area contributed by atoms with Crippen LogP contribution in [0.15, 0.2) is 89.8 Å². The number of aliphatic hydroxyl groups is 1. The van der Waals surface area contributed by atoms with E-state index in [1.807, 2.05) is 6.92 Å². The van der Waals surface area contributed by atoms with E-state index < -0.39 is 53.1 Å². The van der Waals surface area contributed by atoms with Gasteiger partial charge in [0.15, 0.2) is 6.10 Å². The Labute approximate surface area is 214 Å². The van der Waals surface area contributed by atoms with Crippen molar-refractivity contribution in [3.63, 3.8) is 0 Å². The van der Waals surface area contributed by atoms with Gasteiger partial charge in [-0.1, -0.05) is 54.1 Å². The molecule has 1 saturated heterocycles. The lowest BCUT2D eigenvalue weighted by Crippen LogP contribution is -2.40. The van der Waals surface area contributed by atoms with Crippen LogP contribution in [-0.2, 0) is 28.5 Å². The number of aryl methyl sites for hydroxylation is 1. The molecule has 0 bridgehead atoms. The van der Waals surface area contributed by atoms with Gasteiger partial charge in [-0.2, -0.15) is 8.42 Å². The number of benzene rings is 3. The summed E-state index contributed by atoms with van der Waals surface area (Å²) in [6, 6.07) is 22.5. The number of hydrogen-bond donors (Lipinski definition) is 1. The molecule has 1 aliphatic heterocycles. The predicted molar refractivity (Wildman–Crippen MR) is 131 cm³/mol. The van der Waals surface area contributed by atoms with Gasteiger partial charge in [-0.15, -0.1) is 0 Å². The molecule has 3 aromatic carbocycles. The quantitative estimate of drug-likeness (QED) is 0.331. The number of ether oxygens (including phenoxy) is 3. The van der Waals surface area contributed by atoms with E-state index in [2.05, 4.69) is 0 Å². The van der Waals surface area contributed by atoms with Gasteiger partial charge in [0.25, 0.3) is 10.1 Å². The van der Waals surface area contributed by atoms with Crippen LogP contribution in [0.4, 0.5) is 0 Å². The average molecular weight is 527 g/mol. The van der Waals surface area contributed by atoms with Gasteiger partial charge >= 0.3 is 11.9 Å². The number of carbonyl (C=O) groups is 2. The van der Waals surface area contributed by atoms with Gasteiger partial charge in [0.2, 0.25) is 0 Å². The molecule has 9 nitrogen and oxygen atoms in total. The normalized spacial score (nSPS) is 21.4. The van der Waals surface area contributed by atoms with Crippen molar-refractivity contribution < 1.29 is 41.5 Å². The van der Waals surface area contributed by atoms with Crippen molar-refractivity contribution >= 4 is 22.1 Å². The summed E-state index contributed by atoms with van der Waals surface area (Å²) in [5.41, 5.74) is 1.43. The second-order valence-corrected chi connectivity index (χ2v) is 10.1. The molecule has 3 aromatic rings. The van der Waals surface area contributed by atoms with Crippen molar-refractivity contribution in [1.82, 2.24) is 0 Å². The first-order chi connectivity index (χ1) is 17.7. The predicted octanol–water partition coefficient (Wildman–Crippen LogP) is 2.91. The first-order valence-corrected chi connectivity index (χ1v) is 12.9. The Morgan fingerprint density at radius 1 is 0.811 bits per heavy atom. The molecule has 1 aliphatic rings. The third-order valence-corrected chi connectivity index (χ3v) is 7.07. The van der Waals surface area contributed by atoms with Crippen LogP contribution in [0.3, 0.4) is 0 Å². The molecule has 0 amide bonds. The smallest absolute Gasteiger partial charge is 0.338 e. The van der Waals surface area contributed by atoms with Gasteiger partial charge in [-0.25, -0.2) is 9.59 Å².